The first-order valence-electron chi connectivity index (χ1n) is 7.12. The number of benzene rings is 1. The Morgan fingerprint density at radius 3 is 2.88 bits per heavy atom. The van der Waals surface area contributed by atoms with Crippen molar-refractivity contribution in [3.63, 3.8) is 0 Å². The van der Waals surface area contributed by atoms with E-state index in [0.29, 0.717) is 33.1 Å². The highest BCUT2D eigenvalue weighted by Crippen LogP contribution is 2.30. The number of nitrogens with two attached hydrogens (primary N) is 1. The van der Waals surface area contributed by atoms with Crippen LogP contribution >= 0.6 is 46.3 Å². The molecule has 3 aromatic rings. The molecule has 0 atom stereocenters. The molecular formula is C15H13Cl2N5OS2. The number of thioether (sulfide) groups is 1. The third-order valence-corrected chi connectivity index (χ3v) is 5.58. The largest absolute Gasteiger partial charge is 0.350 e. The number of nitrogens with zero attached hydrogens (tertiary/aromatic N) is 3. The van der Waals surface area contributed by atoms with Gasteiger partial charge in [0.1, 0.15) is 0 Å². The Bertz CT molecular complexity index is 882. The molecular weight excluding hydrogens is 401 g/mol. The summed E-state index contributed by atoms with van der Waals surface area (Å²) in [7, 11) is 0. The Hall–Kier alpha value is -1.74. The summed E-state index contributed by atoms with van der Waals surface area (Å²) < 4.78 is 1.31. The summed E-state index contributed by atoms with van der Waals surface area (Å²) >= 11 is 14.9. The highest BCUT2D eigenvalue weighted by Gasteiger charge is 2.16. The monoisotopic (exact) mass is 413 g/mol. The second-order valence-corrected chi connectivity index (χ2v) is 7.76. The Labute approximate surface area is 162 Å². The molecule has 0 aliphatic heterocycles. The number of nitrogen functional groups attached to an aromatic ring is 1. The van der Waals surface area contributed by atoms with Crippen LogP contribution in [0.1, 0.15) is 4.88 Å². The fourth-order valence-electron chi connectivity index (χ4n) is 2.01. The smallest absolute Gasteiger partial charge is 0.230 e. The van der Waals surface area contributed by atoms with Crippen LogP contribution in [0.4, 0.5) is 0 Å². The van der Waals surface area contributed by atoms with E-state index in [4.69, 9.17) is 29.0 Å². The van der Waals surface area contributed by atoms with Crippen molar-refractivity contribution in [1.82, 2.24) is 20.2 Å². The van der Waals surface area contributed by atoms with E-state index in [1.807, 2.05) is 17.5 Å². The molecule has 6 nitrogen and oxygen atoms in total. The molecule has 1 aromatic carbocycles. The van der Waals surface area contributed by atoms with Crippen LogP contribution in [0.25, 0.3) is 11.4 Å². The first kappa shape index (κ1) is 18.1. The van der Waals surface area contributed by atoms with E-state index < -0.39 is 0 Å². The van der Waals surface area contributed by atoms with Gasteiger partial charge in [-0.05, 0) is 29.6 Å². The van der Waals surface area contributed by atoms with Gasteiger partial charge in [0.2, 0.25) is 11.1 Å². The zero-order valence-electron chi connectivity index (χ0n) is 12.8. The van der Waals surface area contributed by atoms with E-state index in [2.05, 4.69) is 15.5 Å². The molecule has 0 saturated carbocycles. The number of aromatic nitrogens is 3. The minimum Gasteiger partial charge on any atom is -0.350 e. The molecule has 2 heterocycles. The number of hydrogen-bond donors (Lipinski definition) is 2. The van der Waals surface area contributed by atoms with Gasteiger partial charge in [-0.3, -0.25) is 4.79 Å². The predicted molar refractivity (Wildman–Crippen MR) is 103 cm³/mol. The molecule has 0 saturated heterocycles. The van der Waals surface area contributed by atoms with Crippen LogP contribution in [0.2, 0.25) is 10.0 Å². The summed E-state index contributed by atoms with van der Waals surface area (Å²) in [5.41, 5.74) is 0.620. The summed E-state index contributed by atoms with van der Waals surface area (Å²) in [4.78, 5) is 13.0. The maximum absolute atomic E-state index is 11.9. The lowest BCUT2D eigenvalue weighted by atomic mass is 10.2. The van der Waals surface area contributed by atoms with Gasteiger partial charge in [0.25, 0.3) is 0 Å². The zero-order valence-corrected chi connectivity index (χ0v) is 15.9. The maximum atomic E-state index is 11.9. The third kappa shape index (κ3) is 4.46. The first-order chi connectivity index (χ1) is 12.0. The maximum Gasteiger partial charge on any atom is 0.230 e. The second-order valence-electron chi connectivity index (χ2n) is 4.95. The molecule has 0 radical (unpaired) electrons. The summed E-state index contributed by atoms with van der Waals surface area (Å²) in [6.07, 6.45) is 0. The van der Waals surface area contributed by atoms with Gasteiger partial charge in [-0.2, -0.15) is 0 Å². The minimum absolute atomic E-state index is 0.104. The average molecular weight is 414 g/mol. The van der Waals surface area contributed by atoms with E-state index in [9.17, 15) is 4.79 Å². The van der Waals surface area contributed by atoms with Crippen molar-refractivity contribution in [3.05, 3.63) is 50.6 Å². The fourth-order valence-corrected chi connectivity index (χ4v) is 3.83. The average Bonchev–Trinajstić information content (AvgIpc) is 3.21. The Kier molecular flexibility index (Phi) is 5.85. The van der Waals surface area contributed by atoms with Crippen molar-refractivity contribution >= 4 is 52.2 Å². The third-order valence-electron chi connectivity index (χ3n) is 3.21. The number of thiophene rings is 1. The van der Waals surface area contributed by atoms with Crippen LogP contribution in [0.5, 0.6) is 0 Å². The Morgan fingerprint density at radius 1 is 1.32 bits per heavy atom. The number of hydrogen-bond acceptors (Lipinski definition) is 6. The van der Waals surface area contributed by atoms with E-state index in [1.165, 1.54) is 16.4 Å². The standard InChI is InChI=1S/C15H13Cl2N5OS2/c16-9-3-4-11(12(17)6-9)14-20-21-15(22(14)18)25-8-13(23)19-7-10-2-1-5-24-10/h1-6H,7-8,18H2,(H,19,23). The first-order valence-corrected chi connectivity index (χ1v) is 9.74. The van der Waals surface area contributed by atoms with Gasteiger partial charge >= 0.3 is 0 Å². The van der Waals surface area contributed by atoms with Crippen LogP contribution in [-0.4, -0.2) is 26.5 Å². The molecule has 25 heavy (non-hydrogen) atoms. The summed E-state index contributed by atoms with van der Waals surface area (Å²) in [5, 5.41) is 14.3. The minimum atomic E-state index is -0.104. The summed E-state index contributed by atoms with van der Waals surface area (Å²) in [6.45, 7) is 0.512. The van der Waals surface area contributed by atoms with Crippen molar-refractivity contribution in [2.75, 3.05) is 11.6 Å². The van der Waals surface area contributed by atoms with Gasteiger partial charge in [-0.15, -0.1) is 21.5 Å². The lowest BCUT2D eigenvalue weighted by Gasteiger charge is -2.06. The number of halogens is 2. The van der Waals surface area contributed by atoms with Gasteiger partial charge in [-0.1, -0.05) is 41.0 Å². The number of nitrogens with one attached hydrogen (secondary N) is 1. The summed E-state index contributed by atoms with van der Waals surface area (Å²) in [6, 6.07) is 8.94. The van der Waals surface area contributed by atoms with Crippen LogP contribution in [-0.2, 0) is 11.3 Å². The number of amides is 1. The number of carbonyl (C=O) groups excluding carboxylic acids is 1. The molecule has 10 heteroatoms. The van der Waals surface area contributed by atoms with E-state index in [-0.39, 0.29) is 11.7 Å². The molecule has 1 amide bonds. The Morgan fingerprint density at radius 2 is 2.16 bits per heavy atom. The molecule has 0 bridgehead atoms. The zero-order chi connectivity index (χ0) is 17.8. The van der Waals surface area contributed by atoms with Gasteiger partial charge in [-0.25, -0.2) is 4.68 Å². The van der Waals surface area contributed by atoms with Gasteiger partial charge < -0.3 is 11.2 Å². The lowest BCUT2D eigenvalue weighted by molar-refractivity contribution is -0.118. The molecule has 3 rings (SSSR count). The molecule has 0 aliphatic carbocycles. The number of rotatable bonds is 6. The van der Waals surface area contributed by atoms with Crippen LogP contribution < -0.4 is 11.2 Å². The van der Waals surface area contributed by atoms with Crippen LogP contribution in [0, 0.1) is 0 Å². The molecule has 130 valence electrons. The topological polar surface area (TPSA) is 85.8 Å². The molecule has 0 fully saturated rings. The Balaban J connectivity index is 1.62. The molecule has 0 unspecified atom stereocenters. The van der Waals surface area contributed by atoms with Crippen molar-refractivity contribution in [2.45, 2.75) is 11.7 Å². The quantitative estimate of drug-likeness (QED) is 0.477. The van der Waals surface area contributed by atoms with Crippen molar-refractivity contribution in [1.29, 1.82) is 0 Å². The van der Waals surface area contributed by atoms with Crippen molar-refractivity contribution in [3.8, 4) is 11.4 Å². The second kappa shape index (κ2) is 8.09. The van der Waals surface area contributed by atoms with Crippen LogP contribution in [0.3, 0.4) is 0 Å². The number of carbonyl (C=O) groups is 1. The molecule has 0 spiro atoms. The van der Waals surface area contributed by atoms with Gasteiger partial charge in [0, 0.05) is 15.5 Å². The SMILES string of the molecule is Nn1c(SCC(=O)NCc2cccs2)nnc1-c1ccc(Cl)cc1Cl. The van der Waals surface area contributed by atoms with Gasteiger partial charge in [0.05, 0.1) is 17.3 Å². The normalized spacial score (nSPS) is 10.8. The summed E-state index contributed by atoms with van der Waals surface area (Å²) in [5.74, 6) is 6.52. The van der Waals surface area contributed by atoms with Crippen molar-refractivity contribution < 1.29 is 4.79 Å². The van der Waals surface area contributed by atoms with E-state index >= 15 is 0 Å². The van der Waals surface area contributed by atoms with Crippen molar-refractivity contribution in [2.24, 2.45) is 0 Å². The van der Waals surface area contributed by atoms with E-state index in [0.717, 1.165) is 4.88 Å². The van der Waals surface area contributed by atoms with Crippen LogP contribution in [0.15, 0.2) is 40.9 Å². The molecule has 0 aliphatic rings. The molecule has 3 N–H and O–H groups in total. The highest BCUT2D eigenvalue weighted by molar-refractivity contribution is 7.99. The fraction of sp³-hybridized carbons (Fsp3) is 0.133. The van der Waals surface area contributed by atoms with E-state index in [1.54, 1.807) is 29.5 Å². The lowest BCUT2D eigenvalue weighted by Crippen LogP contribution is -2.24. The van der Waals surface area contributed by atoms with Gasteiger partial charge in [0.15, 0.2) is 5.82 Å². The predicted octanol–water partition coefficient (Wildman–Crippen LogP) is 3.44. The highest BCUT2D eigenvalue weighted by atomic mass is 35.5. The molecule has 2 aromatic heterocycles.